The summed E-state index contributed by atoms with van der Waals surface area (Å²) in [5, 5.41) is 1.27. The molecule has 1 saturated heterocycles. The molecule has 4 heterocycles. The monoisotopic (exact) mass is 468 g/mol. The van der Waals surface area contributed by atoms with Crippen molar-refractivity contribution in [2.75, 3.05) is 32.7 Å². The molecule has 0 saturated carbocycles. The lowest BCUT2D eigenvalue weighted by Gasteiger charge is -2.28. The van der Waals surface area contributed by atoms with Crippen LogP contribution in [0, 0.1) is 0 Å². The molecule has 2 aliphatic heterocycles. The minimum atomic E-state index is -0.0979. The van der Waals surface area contributed by atoms with Crippen LogP contribution >= 0.6 is 0 Å². The number of nitrogens with zero attached hydrogens (tertiary/aromatic N) is 3. The highest BCUT2D eigenvalue weighted by Crippen LogP contribution is 2.29. The van der Waals surface area contributed by atoms with Crippen molar-refractivity contribution in [2.24, 2.45) is 0 Å². The molecular weight excluding hydrogens is 436 g/mol. The van der Waals surface area contributed by atoms with Gasteiger partial charge >= 0.3 is 0 Å². The van der Waals surface area contributed by atoms with Crippen LogP contribution in [0.15, 0.2) is 71.7 Å². The highest BCUT2D eigenvalue weighted by molar-refractivity contribution is 5.86. The third kappa shape index (κ3) is 4.77. The smallest absolute Gasteiger partial charge is 0.258 e. The van der Waals surface area contributed by atoms with Gasteiger partial charge in [0.05, 0.1) is 5.69 Å². The molecule has 0 radical (unpaired) electrons. The molecule has 0 aliphatic carbocycles. The zero-order chi connectivity index (χ0) is 23.6. The van der Waals surface area contributed by atoms with E-state index in [9.17, 15) is 4.79 Å². The molecule has 4 aromatic rings. The minimum Gasteiger partial charge on any atom is -0.489 e. The number of rotatable bonds is 7. The van der Waals surface area contributed by atoms with Crippen LogP contribution in [0.2, 0.25) is 0 Å². The van der Waals surface area contributed by atoms with Crippen LogP contribution in [0.25, 0.3) is 16.6 Å². The Hall–Kier alpha value is -3.35. The molecule has 0 amide bonds. The fourth-order valence-corrected chi connectivity index (χ4v) is 5.40. The Bertz CT molecular complexity index is 1370. The van der Waals surface area contributed by atoms with Gasteiger partial charge in [0.1, 0.15) is 12.4 Å². The van der Waals surface area contributed by atoms with Crippen molar-refractivity contribution in [1.29, 1.82) is 0 Å². The number of aromatic nitrogens is 2. The predicted octanol–water partition coefficient (Wildman–Crippen LogP) is 4.35. The number of hydrogen-bond donors (Lipinski definition) is 1. The van der Waals surface area contributed by atoms with Gasteiger partial charge in [0, 0.05) is 61.5 Å². The van der Waals surface area contributed by atoms with E-state index < -0.39 is 0 Å². The van der Waals surface area contributed by atoms with Crippen LogP contribution in [0.5, 0.6) is 5.75 Å². The molecule has 0 atom stereocenters. The van der Waals surface area contributed by atoms with Crippen LogP contribution in [0.3, 0.4) is 0 Å². The fraction of sp³-hybridized carbons (Fsp3) is 0.345. The van der Waals surface area contributed by atoms with Crippen molar-refractivity contribution in [1.82, 2.24) is 19.4 Å². The van der Waals surface area contributed by atoms with E-state index in [4.69, 9.17) is 4.74 Å². The SMILES string of the molecule is O=c1cc(OCc2ccccc2)ccn1-c1ccc2c3c([nH]c2c1)CCN(CCN1CCCC1)C3. The average Bonchev–Trinajstić information content (AvgIpc) is 3.54. The van der Waals surface area contributed by atoms with Gasteiger partial charge in [-0.1, -0.05) is 36.4 Å². The van der Waals surface area contributed by atoms with Crippen molar-refractivity contribution in [3.8, 4) is 11.4 Å². The zero-order valence-corrected chi connectivity index (χ0v) is 20.1. The molecule has 1 fully saturated rings. The second kappa shape index (κ2) is 9.72. The maximum Gasteiger partial charge on any atom is 0.258 e. The Kier molecular flexibility index (Phi) is 6.15. The Morgan fingerprint density at radius 3 is 2.54 bits per heavy atom. The van der Waals surface area contributed by atoms with Gasteiger partial charge in [-0.15, -0.1) is 0 Å². The molecular formula is C29H32N4O2. The molecule has 35 heavy (non-hydrogen) atoms. The summed E-state index contributed by atoms with van der Waals surface area (Å²) in [7, 11) is 0. The molecule has 1 N–H and O–H groups in total. The van der Waals surface area contributed by atoms with E-state index in [1.54, 1.807) is 16.8 Å². The average molecular weight is 469 g/mol. The van der Waals surface area contributed by atoms with Gasteiger partial charge in [0.15, 0.2) is 0 Å². The van der Waals surface area contributed by atoms with E-state index in [2.05, 4.69) is 26.9 Å². The van der Waals surface area contributed by atoms with Gasteiger partial charge < -0.3 is 14.6 Å². The van der Waals surface area contributed by atoms with Gasteiger partial charge in [-0.25, -0.2) is 0 Å². The summed E-state index contributed by atoms with van der Waals surface area (Å²) in [4.78, 5) is 21.7. The topological polar surface area (TPSA) is 53.5 Å². The normalized spacial score (nSPS) is 16.6. The summed E-state index contributed by atoms with van der Waals surface area (Å²) in [5.41, 5.74) is 5.70. The van der Waals surface area contributed by atoms with Gasteiger partial charge in [0.2, 0.25) is 0 Å². The number of likely N-dealkylation sites (tertiary alicyclic amines) is 1. The van der Waals surface area contributed by atoms with Crippen LogP contribution < -0.4 is 10.3 Å². The van der Waals surface area contributed by atoms with E-state index in [1.165, 1.54) is 49.1 Å². The summed E-state index contributed by atoms with van der Waals surface area (Å²) in [6.45, 7) is 7.37. The first-order valence-electron chi connectivity index (χ1n) is 12.7. The molecule has 6 rings (SSSR count). The third-order valence-corrected chi connectivity index (χ3v) is 7.39. The Labute approximate surface area is 205 Å². The number of hydrogen-bond acceptors (Lipinski definition) is 4. The van der Waals surface area contributed by atoms with E-state index in [-0.39, 0.29) is 5.56 Å². The number of benzene rings is 2. The maximum atomic E-state index is 12.9. The number of H-pyrrole nitrogens is 1. The lowest BCUT2D eigenvalue weighted by atomic mass is 10.0. The number of nitrogens with one attached hydrogen (secondary N) is 1. The highest BCUT2D eigenvalue weighted by atomic mass is 16.5. The largest absolute Gasteiger partial charge is 0.489 e. The lowest BCUT2D eigenvalue weighted by Crippen LogP contribution is -2.37. The molecule has 0 unspecified atom stereocenters. The van der Waals surface area contributed by atoms with Crippen LogP contribution in [-0.2, 0) is 19.6 Å². The lowest BCUT2D eigenvalue weighted by molar-refractivity contribution is 0.211. The summed E-state index contributed by atoms with van der Waals surface area (Å²) < 4.78 is 7.50. The Morgan fingerprint density at radius 2 is 1.71 bits per heavy atom. The molecule has 2 aromatic carbocycles. The van der Waals surface area contributed by atoms with Crippen molar-refractivity contribution in [2.45, 2.75) is 32.4 Å². The standard InChI is InChI=1S/C29H32N4O2/c34-29-19-24(35-21-22-6-2-1-3-7-22)10-15-33(29)23-8-9-25-26-20-32(17-16-31-12-4-5-13-31)14-11-27(26)30-28(25)18-23/h1-3,6-10,15,18-19,30H,4-5,11-14,16-17,20-21H2. The predicted molar refractivity (Wildman–Crippen MR) is 139 cm³/mol. The number of aromatic amines is 1. The first-order valence-corrected chi connectivity index (χ1v) is 12.7. The molecule has 2 aromatic heterocycles. The second-order valence-corrected chi connectivity index (χ2v) is 9.73. The second-order valence-electron chi connectivity index (χ2n) is 9.73. The quantitative estimate of drug-likeness (QED) is 0.438. The fourth-order valence-electron chi connectivity index (χ4n) is 5.40. The van der Waals surface area contributed by atoms with Crippen LogP contribution in [0.4, 0.5) is 0 Å². The van der Waals surface area contributed by atoms with Crippen molar-refractivity contribution >= 4 is 10.9 Å². The molecule has 0 bridgehead atoms. The Balaban J connectivity index is 1.17. The number of fused-ring (bicyclic) bond motifs is 3. The van der Waals surface area contributed by atoms with Gasteiger partial charge in [0.25, 0.3) is 5.56 Å². The first kappa shape index (κ1) is 22.1. The molecule has 6 heteroatoms. The summed E-state index contributed by atoms with van der Waals surface area (Å²) in [6.07, 6.45) is 5.54. The van der Waals surface area contributed by atoms with Gasteiger partial charge in [-0.2, -0.15) is 0 Å². The van der Waals surface area contributed by atoms with Gasteiger partial charge in [-0.05, 0) is 55.3 Å². The molecule has 180 valence electrons. The van der Waals surface area contributed by atoms with E-state index in [0.29, 0.717) is 12.4 Å². The zero-order valence-electron chi connectivity index (χ0n) is 20.1. The van der Waals surface area contributed by atoms with Crippen LogP contribution in [-0.4, -0.2) is 52.1 Å². The number of pyridine rings is 1. The van der Waals surface area contributed by atoms with E-state index >= 15 is 0 Å². The summed E-state index contributed by atoms with van der Waals surface area (Å²) in [6, 6.07) is 19.7. The molecule has 0 spiro atoms. The van der Waals surface area contributed by atoms with Crippen LogP contribution in [0.1, 0.15) is 29.7 Å². The molecule has 2 aliphatic rings. The van der Waals surface area contributed by atoms with Gasteiger partial charge in [-0.3, -0.25) is 14.3 Å². The number of ether oxygens (including phenoxy) is 1. The Morgan fingerprint density at radius 1 is 0.886 bits per heavy atom. The van der Waals surface area contributed by atoms with Crippen molar-refractivity contribution in [3.63, 3.8) is 0 Å². The summed E-state index contributed by atoms with van der Waals surface area (Å²) in [5.74, 6) is 0.584. The van der Waals surface area contributed by atoms with E-state index in [0.717, 1.165) is 42.8 Å². The van der Waals surface area contributed by atoms with E-state index in [1.807, 2.05) is 42.5 Å². The van der Waals surface area contributed by atoms with Crippen molar-refractivity contribution < 1.29 is 4.74 Å². The summed E-state index contributed by atoms with van der Waals surface area (Å²) >= 11 is 0. The van der Waals surface area contributed by atoms with Crippen molar-refractivity contribution in [3.05, 3.63) is 94.0 Å². The maximum absolute atomic E-state index is 12.9. The first-order chi connectivity index (χ1) is 17.2. The molecule has 6 nitrogen and oxygen atoms in total. The minimum absolute atomic E-state index is 0.0979. The highest BCUT2D eigenvalue weighted by Gasteiger charge is 2.22. The third-order valence-electron chi connectivity index (χ3n) is 7.39.